The molecule has 0 radical (unpaired) electrons. The quantitative estimate of drug-likeness (QED) is 0.524. The summed E-state index contributed by atoms with van der Waals surface area (Å²) >= 11 is 0. The molecule has 0 spiro atoms. The van der Waals surface area contributed by atoms with Crippen molar-refractivity contribution in [3.63, 3.8) is 0 Å². The molecule has 2 heteroatoms. The van der Waals surface area contributed by atoms with E-state index in [1.807, 2.05) is 0 Å². The van der Waals surface area contributed by atoms with Gasteiger partial charge in [-0.05, 0) is 52.9 Å². The maximum Gasteiger partial charge on any atom is 0.0550 e. The van der Waals surface area contributed by atoms with Crippen molar-refractivity contribution in [1.82, 2.24) is 0 Å². The average Bonchev–Trinajstić information content (AvgIpc) is 2.27. The minimum absolute atomic E-state index is 0.388. The van der Waals surface area contributed by atoms with Crippen LogP contribution in [-0.4, -0.2) is 24.9 Å². The Morgan fingerprint density at radius 3 is 2.00 bits per heavy atom. The van der Waals surface area contributed by atoms with Gasteiger partial charge >= 0.3 is 0 Å². The molecule has 0 aliphatic rings. The van der Waals surface area contributed by atoms with E-state index in [4.69, 9.17) is 9.47 Å². The Hall–Kier alpha value is -0.0800. The molecular formula is C14H30O2. The Labute approximate surface area is 102 Å². The molecule has 3 unspecified atom stereocenters. The van der Waals surface area contributed by atoms with Crippen LogP contribution in [0.4, 0.5) is 0 Å². The Kier molecular flexibility index (Phi) is 10.0. The average molecular weight is 230 g/mol. The highest BCUT2D eigenvalue weighted by Gasteiger charge is 2.06. The van der Waals surface area contributed by atoms with Crippen LogP contribution in [-0.2, 0) is 9.47 Å². The van der Waals surface area contributed by atoms with E-state index < -0.39 is 0 Å². The van der Waals surface area contributed by atoms with Gasteiger partial charge in [0, 0.05) is 6.61 Å². The van der Waals surface area contributed by atoms with Crippen LogP contribution in [0.2, 0.25) is 0 Å². The fraction of sp³-hybridized carbons (Fsp3) is 1.00. The van der Waals surface area contributed by atoms with E-state index >= 15 is 0 Å². The minimum Gasteiger partial charge on any atom is -0.379 e. The molecule has 0 rings (SSSR count). The molecular weight excluding hydrogens is 200 g/mol. The van der Waals surface area contributed by atoms with Crippen LogP contribution in [0.25, 0.3) is 0 Å². The number of hydrogen-bond acceptors (Lipinski definition) is 2. The molecule has 2 nitrogen and oxygen atoms in total. The summed E-state index contributed by atoms with van der Waals surface area (Å²) < 4.78 is 11.4. The monoisotopic (exact) mass is 230 g/mol. The van der Waals surface area contributed by atoms with Gasteiger partial charge in [-0.1, -0.05) is 13.8 Å². The first-order chi connectivity index (χ1) is 7.60. The molecule has 16 heavy (non-hydrogen) atoms. The summed E-state index contributed by atoms with van der Waals surface area (Å²) in [7, 11) is 0. The van der Waals surface area contributed by atoms with Crippen molar-refractivity contribution in [2.24, 2.45) is 0 Å². The lowest BCUT2D eigenvalue weighted by Crippen LogP contribution is -2.16. The molecule has 0 aliphatic heterocycles. The highest BCUT2D eigenvalue weighted by atomic mass is 16.5. The lowest BCUT2D eigenvalue weighted by atomic mass is 10.1. The first kappa shape index (κ1) is 15.9. The maximum absolute atomic E-state index is 5.81. The molecule has 0 heterocycles. The molecule has 0 aromatic rings. The predicted molar refractivity (Wildman–Crippen MR) is 69.9 cm³/mol. The molecule has 0 amide bonds. The van der Waals surface area contributed by atoms with Crippen molar-refractivity contribution in [2.45, 2.75) is 85.0 Å². The Balaban J connectivity index is 3.30. The van der Waals surface area contributed by atoms with Crippen LogP contribution in [0.5, 0.6) is 0 Å². The van der Waals surface area contributed by atoms with Gasteiger partial charge in [-0.15, -0.1) is 0 Å². The number of hydrogen-bond donors (Lipinski definition) is 0. The van der Waals surface area contributed by atoms with E-state index in [2.05, 4.69) is 34.6 Å². The third-order valence-electron chi connectivity index (χ3n) is 3.02. The molecule has 0 aliphatic carbocycles. The van der Waals surface area contributed by atoms with E-state index in [-0.39, 0.29) is 0 Å². The Morgan fingerprint density at radius 1 is 0.812 bits per heavy atom. The first-order valence-corrected chi connectivity index (χ1v) is 6.87. The SMILES string of the molecule is CCC(C)OCCCCC(C)OC(C)CC. The molecule has 98 valence electrons. The minimum atomic E-state index is 0.388. The van der Waals surface area contributed by atoms with Crippen molar-refractivity contribution < 1.29 is 9.47 Å². The Bertz CT molecular complexity index is 148. The first-order valence-electron chi connectivity index (χ1n) is 6.87. The largest absolute Gasteiger partial charge is 0.379 e. The van der Waals surface area contributed by atoms with Gasteiger partial charge in [0.25, 0.3) is 0 Å². The summed E-state index contributed by atoms with van der Waals surface area (Å²) in [4.78, 5) is 0. The van der Waals surface area contributed by atoms with Crippen LogP contribution in [0.3, 0.4) is 0 Å². The second kappa shape index (κ2) is 10.1. The molecule has 0 saturated heterocycles. The van der Waals surface area contributed by atoms with E-state index in [0.717, 1.165) is 32.3 Å². The van der Waals surface area contributed by atoms with Gasteiger partial charge in [-0.2, -0.15) is 0 Å². The van der Waals surface area contributed by atoms with Crippen molar-refractivity contribution >= 4 is 0 Å². The number of unbranched alkanes of at least 4 members (excludes halogenated alkanes) is 1. The highest BCUT2D eigenvalue weighted by Crippen LogP contribution is 2.09. The summed E-state index contributed by atoms with van der Waals surface area (Å²) in [5, 5.41) is 0. The lowest BCUT2D eigenvalue weighted by Gasteiger charge is -2.18. The van der Waals surface area contributed by atoms with Gasteiger partial charge in [-0.25, -0.2) is 0 Å². The van der Waals surface area contributed by atoms with Gasteiger partial charge in [0.15, 0.2) is 0 Å². The van der Waals surface area contributed by atoms with Gasteiger partial charge in [0.05, 0.1) is 18.3 Å². The summed E-state index contributed by atoms with van der Waals surface area (Å²) in [5.41, 5.74) is 0. The van der Waals surface area contributed by atoms with E-state index in [0.29, 0.717) is 18.3 Å². The normalized spacial score (nSPS) is 17.1. The number of rotatable bonds is 10. The smallest absolute Gasteiger partial charge is 0.0550 e. The van der Waals surface area contributed by atoms with Crippen LogP contribution in [0.15, 0.2) is 0 Å². The van der Waals surface area contributed by atoms with Gasteiger partial charge in [0.2, 0.25) is 0 Å². The van der Waals surface area contributed by atoms with Crippen molar-refractivity contribution in [2.75, 3.05) is 6.61 Å². The van der Waals surface area contributed by atoms with Crippen LogP contribution < -0.4 is 0 Å². The summed E-state index contributed by atoms with van der Waals surface area (Å²) in [6, 6.07) is 0. The van der Waals surface area contributed by atoms with Crippen LogP contribution in [0, 0.1) is 0 Å². The number of ether oxygens (including phenoxy) is 2. The van der Waals surface area contributed by atoms with Crippen molar-refractivity contribution in [3.05, 3.63) is 0 Å². The topological polar surface area (TPSA) is 18.5 Å². The molecule has 0 bridgehead atoms. The summed E-state index contributed by atoms with van der Waals surface area (Å²) in [6.07, 6.45) is 6.90. The lowest BCUT2D eigenvalue weighted by molar-refractivity contribution is -0.000840. The molecule has 0 aromatic carbocycles. The van der Waals surface area contributed by atoms with Gasteiger partial charge < -0.3 is 9.47 Å². The summed E-state index contributed by atoms with van der Waals surface area (Å²) in [6.45, 7) is 11.7. The van der Waals surface area contributed by atoms with Crippen LogP contribution >= 0.6 is 0 Å². The zero-order valence-corrected chi connectivity index (χ0v) is 11.8. The van der Waals surface area contributed by atoms with Gasteiger partial charge in [0.1, 0.15) is 0 Å². The van der Waals surface area contributed by atoms with E-state index in [1.165, 1.54) is 6.42 Å². The molecule has 0 saturated carbocycles. The van der Waals surface area contributed by atoms with Gasteiger partial charge in [-0.3, -0.25) is 0 Å². The maximum atomic E-state index is 5.81. The fourth-order valence-corrected chi connectivity index (χ4v) is 1.50. The molecule has 0 N–H and O–H groups in total. The van der Waals surface area contributed by atoms with E-state index in [1.54, 1.807) is 0 Å². The zero-order valence-electron chi connectivity index (χ0n) is 11.8. The highest BCUT2D eigenvalue weighted by molar-refractivity contribution is 4.55. The van der Waals surface area contributed by atoms with Crippen molar-refractivity contribution in [3.8, 4) is 0 Å². The zero-order chi connectivity index (χ0) is 12.4. The molecule has 3 atom stereocenters. The standard InChI is InChI=1S/C14H30O2/c1-6-12(3)15-11-9-8-10-14(5)16-13(4)7-2/h12-14H,6-11H2,1-5H3. The Morgan fingerprint density at radius 2 is 1.44 bits per heavy atom. The summed E-state index contributed by atoms with van der Waals surface area (Å²) in [5.74, 6) is 0. The van der Waals surface area contributed by atoms with E-state index in [9.17, 15) is 0 Å². The fourth-order valence-electron chi connectivity index (χ4n) is 1.50. The second-order valence-electron chi connectivity index (χ2n) is 4.75. The van der Waals surface area contributed by atoms with Crippen molar-refractivity contribution in [1.29, 1.82) is 0 Å². The molecule has 0 aromatic heterocycles. The van der Waals surface area contributed by atoms with Crippen LogP contribution in [0.1, 0.15) is 66.7 Å². The third-order valence-corrected chi connectivity index (χ3v) is 3.02. The second-order valence-corrected chi connectivity index (χ2v) is 4.75. The third kappa shape index (κ3) is 9.17. The molecule has 0 fully saturated rings. The predicted octanol–water partition coefficient (Wildman–Crippen LogP) is 4.18.